The molecule has 0 aliphatic carbocycles. The number of aryl methyl sites for hydroxylation is 2. The first-order chi connectivity index (χ1) is 17.1. The lowest BCUT2D eigenvalue weighted by Gasteiger charge is -2.09. The molecule has 2 N–H and O–H groups in total. The van der Waals surface area contributed by atoms with Gasteiger partial charge in [0.25, 0.3) is 0 Å². The molecule has 0 aliphatic rings. The molecule has 0 saturated carbocycles. The van der Waals surface area contributed by atoms with Crippen molar-refractivity contribution in [2.24, 2.45) is 0 Å². The summed E-state index contributed by atoms with van der Waals surface area (Å²) in [6.45, 7) is 2.72. The number of para-hydroxylation sites is 1. The molecule has 1 heterocycles. The topological polar surface area (TPSA) is 62.3 Å². The van der Waals surface area contributed by atoms with Crippen LogP contribution in [-0.4, -0.2) is 22.7 Å². The first-order valence-corrected chi connectivity index (χ1v) is 12.2. The molecule has 0 radical (unpaired) electrons. The van der Waals surface area contributed by atoms with Crippen LogP contribution in [0.2, 0.25) is 0 Å². The van der Waals surface area contributed by atoms with Crippen molar-refractivity contribution in [2.45, 2.75) is 32.6 Å². The molecule has 0 atom stereocenters. The summed E-state index contributed by atoms with van der Waals surface area (Å²) < 4.78 is 6.06. The van der Waals surface area contributed by atoms with Gasteiger partial charge in [0.2, 0.25) is 0 Å². The molecule has 0 unspecified atom stereocenters. The first-order valence-electron chi connectivity index (χ1n) is 12.2. The number of benzene rings is 4. The molecule has 1 aromatic heterocycles. The summed E-state index contributed by atoms with van der Waals surface area (Å²) in [5, 5.41) is 13.2. The van der Waals surface area contributed by atoms with Gasteiger partial charge >= 0.3 is 5.97 Å². The Morgan fingerprint density at radius 2 is 1.51 bits per heavy atom. The van der Waals surface area contributed by atoms with Gasteiger partial charge in [-0.2, -0.15) is 0 Å². The fraction of sp³-hybridized carbons (Fsp3) is 0.194. The molecule has 4 heteroatoms. The van der Waals surface area contributed by atoms with Crippen molar-refractivity contribution in [3.8, 4) is 16.9 Å². The number of H-pyrrole nitrogens is 1. The van der Waals surface area contributed by atoms with Gasteiger partial charge in [-0.3, -0.25) is 0 Å². The van der Waals surface area contributed by atoms with Gasteiger partial charge in [0.1, 0.15) is 11.4 Å². The van der Waals surface area contributed by atoms with Crippen molar-refractivity contribution in [1.82, 2.24) is 4.98 Å². The van der Waals surface area contributed by atoms with Gasteiger partial charge in [-0.15, -0.1) is 0 Å². The zero-order valence-electron chi connectivity index (χ0n) is 19.9. The van der Waals surface area contributed by atoms with Crippen LogP contribution in [0.1, 0.15) is 40.9 Å². The Hall–Kier alpha value is -4.05. The maximum atomic E-state index is 12.1. The Morgan fingerprint density at radius 1 is 0.800 bits per heavy atom. The van der Waals surface area contributed by atoms with E-state index >= 15 is 0 Å². The molecule has 0 bridgehead atoms. The molecule has 0 spiro atoms. The van der Waals surface area contributed by atoms with Crippen LogP contribution in [0.25, 0.3) is 32.8 Å². The van der Waals surface area contributed by atoms with E-state index in [2.05, 4.69) is 48.3 Å². The van der Waals surface area contributed by atoms with Crippen LogP contribution < -0.4 is 4.74 Å². The SMILES string of the molecule is Cc1ccccc1-c1cccc2c(CCCCCOc3cccc4ccccc34)c(C(=O)O)[nH]c12. The molecule has 5 aromatic rings. The van der Waals surface area contributed by atoms with Crippen LogP contribution >= 0.6 is 0 Å². The number of fused-ring (bicyclic) bond motifs is 2. The number of aromatic amines is 1. The first kappa shape index (κ1) is 22.7. The van der Waals surface area contributed by atoms with Gasteiger partial charge in [0.05, 0.1) is 12.1 Å². The average molecular weight is 464 g/mol. The summed E-state index contributed by atoms with van der Waals surface area (Å²) in [7, 11) is 0. The number of carboxylic acids is 1. The fourth-order valence-corrected chi connectivity index (χ4v) is 4.90. The van der Waals surface area contributed by atoms with Gasteiger partial charge < -0.3 is 14.8 Å². The van der Waals surface area contributed by atoms with Crippen molar-refractivity contribution in [3.05, 3.63) is 102 Å². The van der Waals surface area contributed by atoms with Crippen LogP contribution in [0, 0.1) is 6.92 Å². The quantitative estimate of drug-likeness (QED) is 0.219. The molecule has 0 fully saturated rings. The largest absolute Gasteiger partial charge is 0.493 e. The third kappa shape index (κ3) is 4.65. The van der Waals surface area contributed by atoms with Gasteiger partial charge in [-0.05, 0) is 60.7 Å². The lowest BCUT2D eigenvalue weighted by Crippen LogP contribution is -2.02. The van der Waals surface area contributed by atoms with Gasteiger partial charge in [0, 0.05) is 16.3 Å². The minimum atomic E-state index is -0.911. The summed E-state index contributed by atoms with van der Waals surface area (Å²) in [6.07, 6.45) is 3.50. The number of carbonyl (C=O) groups is 1. The Balaban J connectivity index is 1.28. The van der Waals surface area contributed by atoms with E-state index < -0.39 is 5.97 Å². The number of hydrogen-bond donors (Lipinski definition) is 2. The van der Waals surface area contributed by atoms with Crippen molar-refractivity contribution in [1.29, 1.82) is 0 Å². The second kappa shape index (κ2) is 10.1. The van der Waals surface area contributed by atoms with Gasteiger partial charge in [0.15, 0.2) is 0 Å². The highest BCUT2D eigenvalue weighted by atomic mass is 16.5. The lowest BCUT2D eigenvalue weighted by molar-refractivity contribution is 0.0690. The summed E-state index contributed by atoms with van der Waals surface area (Å²) in [5.41, 5.74) is 5.41. The average Bonchev–Trinajstić information content (AvgIpc) is 3.26. The smallest absolute Gasteiger partial charge is 0.352 e. The van der Waals surface area contributed by atoms with Crippen molar-refractivity contribution in [3.63, 3.8) is 0 Å². The third-order valence-electron chi connectivity index (χ3n) is 6.67. The van der Waals surface area contributed by atoms with Crippen LogP contribution in [0.5, 0.6) is 5.75 Å². The number of carboxylic acid groups (broad SMARTS) is 1. The molecule has 5 rings (SSSR count). The summed E-state index contributed by atoms with van der Waals surface area (Å²) in [4.78, 5) is 15.3. The van der Waals surface area contributed by atoms with E-state index in [0.717, 1.165) is 58.0 Å². The molecule has 0 saturated heterocycles. The van der Waals surface area contributed by atoms with Crippen LogP contribution in [0.15, 0.2) is 84.9 Å². The Morgan fingerprint density at radius 3 is 2.37 bits per heavy atom. The van der Waals surface area contributed by atoms with Crippen LogP contribution in [0.4, 0.5) is 0 Å². The molecule has 0 amide bonds. The molecular weight excluding hydrogens is 434 g/mol. The molecule has 176 valence electrons. The molecular formula is C31H29NO3. The van der Waals surface area contributed by atoms with E-state index in [-0.39, 0.29) is 0 Å². The summed E-state index contributed by atoms with van der Waals surface area (Å²) in [6, 6.07) is 28.7. The number of hydrogen-bond acceptors (Lipinski definition) is 2. The van der Waals surface area contributed by atoms with Crippen molar-refractivity contribution in [2.75, 3.05) is 6.61 Å². The number of rotatable bonds is 9. The van der Waals surface area contributed by atoms with Gasteiger partial charge in [-0.25, -0.2) is 4.79 Å². The predicted molar refractivity (Wildman–Crippen MR) is 142 cm³/mol. The lowest BCUT2D eigenvalue weighted by atomic mass is 9.96. The van der Waals surface area contributed by atoms with E-state index in [4.69, 9.17) is 4.74 Å². The monoisotopic (exact) mass is 463 g/mol. The molecule has 0 aliphatic heterocycles. The number of ether oxygens (including phenoxy) is 1. The molecule has 4 nitrogen and oxygen atoms in total. The van der Waals surface area contributed by atoms with E-state index in [0.29, 0.717) is 18.7 Å². The zero-order valence-corrected chi connectivity index (χ0v) is 19.9. The number of unbranched alkanes of at least 4 members (excludes halogenated alkanes) is 2. The standard InChI is InChI=1S/C31H29NO3/c1-21-11-4-6-14-23(21)25-17-10-18-26-27(30(31(33)34)32-29(25)26)16-3-2-8-20-35-28-19-9-13-22-12-5-7-15-24(22)28/h4-7,9-15,17-19,32H,2-3,8,16,20H2,1H3,(H,33,34). The minimum absolute atomic E-state index is 0.299. The Labute approximate surface area is 205 Å². The number of aromatic nitrogens is 1. The molecule has 4 aromatic carbocycles. The Bertz CT molecular complexity index is 1490. The highest BCUT2D eigenvalue weighted by Crippen LogP contribution is 2.34. The highest BCUT2D eigenvalue weighted by Gasteiger charge is 2.19. The van der Waals surface area contributed by atoms with Gasteiger partial charge in [-0.1, -0.05) is 78.9 Å². The van der Waals surface area contributed by atoms with E-state index in [1.54, 1.807) is 0 Å². The fourth-order valence-electron chi connectivity index (χ4n) is 4.90. The van der Waals surface area contributed by atoms with Crippen molar-refractivity contribution < 1.29 is 14.6 Å². The van der Waals surface area contributed by atoms with E-state index in [1.807, 2.05) is 48.5 Å². The van der Waals surface area contributed by atoms with E-state index in [1.165, 1.54) is 10.9 Å². The maximum absolute atomic E-state index is 12.1. The highest BCUT2D eigenvalue weighted by molar-refractivity contribution is 6.03. The number of aromatic carboxylic acids is 1. The second-order valence-electron chi connectivity index (χ2n) is 8.96. The summed E-state index contributed by atoms with van der Waals surface area (Å²) >= 11 is 0. The Kier molecular flexibility index (Phi) is 6.53. The van der Waals surface area contributed by atoms with Crippen molar-refractivity contribution >= 4 is 27.6 Å². The maximum Gasteiger partial charge on any atom is 0.352 e. The molecule has 35 heavy (non-hydrogen) atoms. The summed E-state index contributed by atoms with van der Waals surface area (Å²) in [5.74, 6) is 0.00264. The van der Waals surface area contributed by atoms with Crippen LogP contribution in [-0.2, 0) is 6.42 Å². The minimum Gasteiger partial charge on any atom is -0.493 e. The number of nitrogens with one attached hydrogen (secondary N) is 1. The zero-order chi connectivity index (χ0) is 24.2. The normalized spacial score (nSPS) is 11.2. The predicted octanol–water partition coefficient (Wildman–Crippen LogP) is 7.79. The third-order valence-corrected chi connectivity index (χ3v) is 6.67. The van der Waals surface area contributed by atoms with Crippen LogP contribution in [0.3, 0.4) is 0 Å². The van der Waals surface area contributed by atoms with E-state index in [9.17, 15) is 9.90 Å². The second-order valence-corrected chi connectivity index (χ2v) is 8.96.